The molecule has 1 unspecified atom stereocenters. The molecule has 0 spiro atoms. The summed E-state index contributed by atoms with van der Waals surface area (Å²) in [5.74, 6) is -1.19. The lowest BCUT2D eigenvalue weighted by Crippen LogP contribution is -2.63. The summed E-state index contributed by atoms with van der Waals surface area (Å²) in [6.07, 6.45) is 2.39. The highest BCUT2D eigenvalue weighted by molar-refractivity contribution is 7.12. The van der Waals surface area contributed by atoms with Crippen molar-refractivity contribution in [2.45, 2.75) is 31.7 Å². The first-order valence-electron chi connectivity index (χ1n) is 11.3. The molecule has 3 rings (SSSR count). The number of nitrogens with two attached hydrogens (primary N) is 2. The van der Waals surface area contributed by atoms with Crippen LogP contribution in [0.5, 0.6) is 0 Å². The summed E-state index contributed by atoms with van der Waals surface area (Å²) in [6, 6.07) is 22.5. The largest absolute Gasteiger partial charge is 0.481 e. The van der Waals surface area contributed by atoms with Crippen LogP contribution in [0.3, 0.4) is 0 Å². The van der Waals surface area contributed by atoms with E-state index in [0.717, 1.165) is 16.1 Å². The number of nitrogens with one attached hydrogen (secondary N) is 2. The number of carbonyl (C=O) groups is 2. The molecule has 7 nitrogen and oxygen atoms in total. The Kier molecular flexibility index (Phi) is 9.50. The number of carbonyl (C=O) groups excluding carboxylic acids is 1. The number of hydrogen-bond acceptors (Lipinski definition) is 4. The zero-order valence-corrected chi connectivity index (χ0v) is 20.1. The van der Waals surface area contributed by atoms with E-state index in [-0.39, 0.29) is 25.2 Å². The number of amides is 1. The van der Waals surface area contributed by atoms with Crippen LogP contribution in [0, 0.1) is 0 Å². The summed E-state index contributed by atoms with van der Waals surface area (Å²) in [7, 11) is 0. The van der Waals surface area contributed by atoms with Crippen LogP contribution in [0.25, 0.3) is 5.70 Å². The van der Waals surface area contributed by atoms with Gasteiger partial charge in [-0.3, -0.25) is 15.0 Å². The van der Waals surface area contributed by atoms with Crippen LogP contribution in [-0.2, 0) is 9.59 Å². The molecule has 2 aromatic carbocycles. The van der Waals surface area contributed by atoms with Gasteiger partial charge in [0, 0.05) is 25.0 Å². The molecule has 0 aliphatic heterocycles. The molecule has 1 heterocycles. The highest BCUT2D eigenvalue weighted by Gasteiger charge is 2.26. The second-order valence-corrected chi connectivity index (χ2v) is 8.91. The summed E-state index contributed by atoms with van der Waals surface area (Å²) in [6.45, 7) is 0. The van der Waals surface area contributed by atoms with Crippen molar-refractivity contribution in [2.75, 3.05) is 0 Å². The van der Waals surface area contributed by atoms with Crippen molar-refractivity contribution < 1.29 is 25.1 Å². The van der Waals surface area contributed by atoms with Gasteiger partial charge in [0.15, 0.2) is 11.9 Å². The van der Waals surface area contributed by atoms with Gasteiger partial charge in [-0.25, -0.2) is 4.99 Å². The molecule has 35 heavy (non-hydrogen) atoms. The maximum absolute atomic E-state index is 12.8. The highest BCUT2D eigenvalue weighted by atomic mass is 32.1. The number of carboxylic acid groups (broad SMARTS) is 1. The molecular formula is C27H30N4O3S+2. The molecule has 1 aromatic heterocycles. The van der Waals surface area contributed by atoms with Crippen LogP contribution in [-0.4, -0.2) is 35.0 Å². The molecule has 0 saturated carbocycles. The van der Waals surface area contributed by atoms with Gasteiger partial charge in [0.1, 0.15) is 0 Å². The quantitative estimate of drug-likeness (QED) is 0.245. The zero-order chi connectivity index (χ0) is 25.0. The van der Waals surface area contributed by atoms with E-state index >= 15 is 0 Å². The monoisotopic (exact) mass is 490 g/mol. The fourth-order valence-corrected chi connectivity index (χ4v) is 4.23. The second kappa shape index (κ2) is 13.0. The molecular weight excluding hydrogens is 460 g/mol. The van der Waals surface area contributed by atoms with Gasteiger partial charge < -0.3 is 16.2 Å². The van der Waals surface area contributed by atoms with Crippen molar-refractivity contribution in [1.82, 2.24) is 5.32 Å². The maximum atomic E-state index is 12.8. The van der Waals surface area contributed by atoms with Gasteiger partial charge in [-0.1, -0.05) is 54.6 Å². The first-order chi connectivity index (χ1) is 16.9. The Morgan fingerprint density at radius 3 is 2.34 bits per heavy atom. The number of benzene rings is 2. The van der Waals surface area contributed by atoms with Gasteiger partial charge in [0.05, 0.1) is 28.6 Å². The standard InChI is InChI=1S/C27H28N4O3S/c28-22(24-13-8-16-35-24)17-23(31-25(32)14-7-15-26(33)34)21(18-30-20-11-5-2-6-12-20)27(29)19-9-3-1-4-10-19/h1-6,8-13,16,18,23,28H,7,14-15,17,29H2,(H,31,32)(H,33,34)/p+2. The summed E-state index contributed by atoms with van der Waals surface area (Å²) >= 11 is 1.52. The molecule has 1 amide bonds. The van der Waals surface area contributed by atoms with Gasteiger partial charge >= 0.3 is 5.97 Å². The average Bonchev–Trinajstić information content (AvgIpc) is 3.40. The van der Waals surface area contributed by atoms with Gasteiger partial charge in [-0.05, 0) is 23.4 Å². The Hall–Kier alpha value is -4.04. The van der Waals surface area contributed by atoms with E-state index < -0.39 is 12.0 Å². The second-order valence-electron chi connectivity index (χ2n) is 7.96. The lowest BCUT2D eigenvalue weighted by Gasteiger charge is -2.20. The normalized spacial score (nSPS) is 12.7. The Morgan fingerprint density at radius 2 is 1.71 bits per heavy atom. The number of hydrogen-bond donors (Lipinski definition) is 5. The SMILES string of the molecule is NC(=C(C=[NH+]c1ccccc1)C(CC(=[NH2+])c1cccs1)NC(=O)CCCC(=O)O)c1ccccc1. The summed E-state index contributed by atoms with van der Waals surface area (Å²) in [5.41, 5.74) is 10.1. The van der Waals surface area contributed by atoms with Crippen molar-refractivity contribution >= 4 is 46.5 Å². The fraction of sp³-hybridized carbons (Fsp3) is 0.185. The molecule has 3 aromatic rings. The molecule has 0 radical (unpaired) electrons. The third-order valence-corrected chi connectivity index (χ3v) is 6.28. The van der Waals surface area contributed by atoms with E-state index in [9.17, 15) is 9.59 Å². The van der Waals surface area contributed by atoms with E-state index in [4.69, 9.17) is 16.2 Å². The van der Waals surface area contributed by atoms with E-state index in [0.29, 0.717) is 23.4 Å². The van der Waals surface area contributed by atoms with Gasteiger partial charge in [-0.15, -0.1) is 11.3 Å². The smallest absolute Gasteiger partial charge is 0.303 e. The number of para-hydroxylation sites is 1. The van der Waals surface area contributed by atoms with Crippen LogP contribution < -0.4 is 21.5 Å². The molecule has 7 N–H and O–H groups in total. The molecule has 180 valence electrons. The number of rotatable bonds is 12. The average molecular weight is 491 g/mol. The molecule has 8 heteroatoms. The first kappa shape index (κ1) is 25.6. The predicted molar refractivity (Wildman–Crippen MR) is 139 cm³/mol. The number of carboxylic acids is 1. The van der Waals surface area contributed by atoms with Crippen LogP contribution >= 0.6 is 11.3 Å². The van der Waals surface area contributed by atoms with E-state index in [1.807, 2.05) is 78.2 Å². The molecule has 0 bridgehead atoms. The lowest BCUT2D eigenvalue weighted by atomic mass is 9.96. The Morgan fingerprint density at radius 1 is 1.03 bits per heavy atom. The van der Waals surface area contributed by atoms with Gasteiger partial charge in [0.25, 0.3) is 0 Å². The zero-order valence-electron chi connectivity index (χ0n) is 19.3. The van der Waals surface area contributed by atoms with Crippen molar-refractivity contribution in [2.24, 2.45) is 5.73 Å². The van der Waals surface area contributed by atoms with Crippen LogP contribution in [0.2, 0.25) is 0 Å². The minimum Gasteiger partial charge on any atom is -0.481 e. The van der Waals surface area contributed by atoms with Crippen LogP contribution in [0.1, 0.15) is 36.1 Å². The third kappa shape index (κ3) is 8.04. The van der Waals surface area contributed by atoms with Crippen molar-refractivity contribution in [3.63, 3.8) is 0 Å². The van der Waals surface area contributed by atoms with E-state index in [2.05, 4.69) is 10.3 Å². The maximum Gasteiger partial charge on any atom is 0.303 e. The van der Waals surface area contributed by atoms with Crippen LogP contribution in [0.15, 0.2) is 83.7 Å². The summed E-state index contributed by atoms with van der Waals surface area (Å²) in [5, 5.41) is 20.3. The topological polar surface area (TPSA) is 132 Å². The van der Waals surface area contributed by atoms with E-state index in [1.54, 1.807) is 6.21 Å². The number of thiophene rings is 1. The molecule has 0 aliphatic carbocycles. The minimum absolute atomic E-state index is 0.0713. The molecule has 0 saturated heterocycles. The van der Waals surface area contributed by atoms with Crippen molar-refractivity contribution in [3.8, 4) is 0 Å². The lowest BCUT2D eigenvalue weighted by molar-refractivity contribution is -0.347. The van der Waals surface area contributed by atoms with Crippen LogP contribution in [0.4, 0.5) is 5.69 Å². The molecule has 0 aliphatic rings. The summed E-state index contributed by atoms with van der Waals surface area (Å²) < 4.78 is 0. The highest BCUT2D eigenvalue weighted by Crippen LogP contribution is 2.19. The minimum atomic E-state index is -0.932. The Balaban J connectivity index is 1.97. The molecule has 0 fully saturated rings. The van der Waals surface area contributed by atoms with Gasteiger partial charge in [0.2, 0.25) is 11.6 Å². The van der Waals surface area contributed by atoms with Crippen molar-refractivity contribution in [1.29, 1.82) is 0 Å². The predicted octanol–water partition coefficient (Wildman–Crippen LogP) is 1.28. The Labute approximate surface area is 208 Å². The van der Waals surface area contributed by atoms with Crippen molar-refractivity contribution in [3.05, 3.63) is 94.2 Å². The van der Waals surface area contributed by atoms with Gasteiger partial charge in [-0.2, -0.15) is 0 Å². The first-order valence-corrected chi connectivity index (χ1v) is 12.2. The third-order valence-electron chi connectivity index (χ3n) is 5.33. The molecule has 1 atom stereocenters. The Bertz CT molecular complexity index is 1190. The fourth-order valence-electron chi connectivity index (χ4n) is 3.53. The number of aliphatic carboxylic acids is 1. The summed E-state index contributed by atoms with van der Waals surface area (Å²) in [4.78, 5) is 27.9. The van der Waals surface area contributed by atoms with E-state index in [1.165, 1.54) is 11.3 Å².